The quantitative estimate of drug-likeness (QED) is 0.724. The number of nitrogens with one attached hydrogen (secondary N) is 1. The number of anilines is 2. The van der Waals surface area contributed by atoms with Crippen molar-refractivity contribution < 1.29 is 4.79 Å². The van der Waals surface area contributed by atoms with Crippen LogP contribution in [-0.2, 0) is 6.54 Å². The number of pyridine rings is 1. The van der Waals surface area contributed by atoms with Crippen molar-refractivity contribution in [3.05, 3.63) is 77.9 Å². The fourth-order valence-corrected chi connectivity index (χ4v) is 3.31. The molecular weight excluding hydrogens is 364 g/mol. The normalized spacial score (nSPS) is 14.0. The van der Waals surface area contributed by atoms with Crippen molar-refractivity contribution >= 4 is 17.5 Å². The third kappa shape index (κ3) is 4.68. The van der Waals surface area contributed by atoms with E-state index in [1.165, 1.54) is 5.56 Å². The summed E-state index contributed by atoms with van der Waals surface area (Å²) in [6.45, 7) is 5.96. The molecule has 0 saturated carbocycles. The number of amides is 1. The van der Waals surface area contributed by atoms with Gasteiger partial charge in [0.25, 0.3) is 5.91 Å². The molecule has 1 N–H and O–H groups in total. The lowest BCUT2D eigenvalue weighted by Crippen LogP contribution is -2.47. The largest absolute Gasteiger partial charge is 0.367 e. The van der Waals surface area contributed by atoms with Crippen LogP contribution < -0.4 is 15.1 Å². The number of hydrogen-bond donors (Lipinski definition) is 1. The molecule has 7 heteroatoms. The minimum absolute atomic E-state index is 0.164. The highest BCUT2D eigenvalue weighted by atomic mass is 16.1. The maximum absolute atomic E-state index is 12.4. The third-order valence-corrected chi connectivity index (χ3v) is 5.03. The Morgan fingerprint density at radius 3 is 2.28 bits per heavy atom. The van der Waals surface area contributed by atoms with Crippen molar-refractivity contribution in [3.8, 4) is 0 Å². The summed E-state index contributed by atoms with van der Waals surface area (Å²) in [7, 11) is 0. The molecular formula is C22H24N6O. The van der Waals surface area contributed by atoms with Crippen LogP contribution in [0.2, 0.25) is 0 Å². The Bertz CT molecular complexity index is 935. The average Bonchev–Trinajstić information content (AvgIpc) is 2.79. The van der Waals surface area contributed by atoms with Crippen LogP contribution in [0.4, 0.5) is 11.6 Å². The van der Waals surface area contributed by atoms with Crippen LogP contribution in [0.5, 0.6) is 0 Å². The van der Waals surface area contributed by atoms with Gasteiger partial charge in [0.15, 0.2) is 0 Å². The van der Waals surface area contributed by atoms with E-state index < -0.39 is 0 Å². The smallest absolute Gasteiger partial charge is 0.270 e. The Balaban J connectivity index is 1.31. The van der Waals surface area contributed by atoms with Crippen molar-refractivity contribution in [2.24, 2.45) is 0 Å². The molecule has 2 aromatic heterocycles. The van der Waals surface area contributed by atoms with Crippen LogP contribution in [0.15, 0.2) is 61.1 Å². The zero-order chi connectivity index (χ0) is 20.1. The Hall–Kier alpha value is -3.48. The maximum Gasteiger partial charge on any atom is 0.270 e. The van der Waals surface area contributed by atoms with Crippen molar-refractivity contribution in [2.45, 2.75) is 13.5 Å². The van der Waals surface area contributed by atoms with Crippen molar-refractivity contribution in [2.75, 3.05) is 36.0 Å². The molecule has 1 aromatic carbocycles. The lowest BCUT2D eigenvalue weighted by Gasteiger charge is -2.35. The molecule has 0 bridgehead atoms. The van der Waals surface area contributed by atoms with Crippen LogP contribution in [0, 0.1) is 6.92 Å². The number of carbonyl (C=O) groups excluding carboxylic acids is 1. The summed E-state index contributed by atoms with van der Waals surface area (Å²) in [5.41, 5.74) is 3.72. The highest BCUT2D eigenvalue weighted by Crippen LogP contribution is 2.17. The Morgan fingerprint density at radius 1 is 0.931 bits per heavy atom. The molecule has 1 saturated heterocycles. The molecule has 3 heterocycles. The average molecular weight is 388 g/mol. The van der Waals surface area contributed by atoms with Gasteiger partial charge in [0.1, 0.15) is 5.69 Å². The van der Waals surface area contributed by atoms with Gasteiger partial charge in [-0.05, 0) is 30.7 Å². The summed E-state index contributed by atoms with van der Waals surface area (Å²) in [6, 6.07) is 13.7. The first-order chi connectivity index (χ1) is 14.2. The molecule has 0 aliphatic carbocycles. The van der Waals surface area contributed by atoms with Gasteiger partial charge in [0.05, 0.1) is 11.9 Å². The number of aryl methyl sites for hydroxylation is 1. The van der Waals surface area contributed by atoms with Gasteiger partial charge < -0.3 is 15.1 Å². The van der Waals surface area contributed by atoms with Crippen molar-refractivity contribution in [1.82, 2.24) is 20.3 Å². The molecule has 0 radical (unpaired) electrons. The molecule has 7 nitrogen and oxygen atoms in total. The number of carbonyl (C=O) groups is 1. The van der Waals surface area contributed by atoms with E-state index in [4.69, 9.17) is 0 Å². The number of hydrogen-bond acceptors (Lipinski definition) is 6. The highest BCUT2D eigenvalue weighted by molar-refractivity contribution is 5.92. The first-order valence-electron chi connectivity index (χ1n) is 9.76. The van der Waals surface area contributed by atoms with Gasteiger partial charge in [-0.15, -0.1) is 0 Å². The van der Waals surface area contributed by atoms with E-state index in [2.05, 4.69) is 30.1 Å². The van der Waals surface area contributed by atoms with E-state index in [0.717, 1.165) is 43.4 Å². The number of nitrogens with zero attached hydrogens (tertiary/aromatic N) is 5. The summed E-state index contributed by atoms with van der Waals surface area (Å²) in [6.07, 6.45) is 5.30. The molecule has 1 amide bonds. The monoisotopic (exact) mass is 388 g/mol. The van der Waals surface area contributed by atoms with Gasteiger partial charge >= 0.3 is 0 Å². The second-order valence-corrected chi connectivity index (χ2v) is 7.09. The Morgan fingerprint density at radius 2 is 1.62 bits per heavy atom. The van der Waals surface area contributed by atoms with Gasteiger partial charge in [-0.3, -0.25) is 4.79 Å². The van der Waals surface area contributed by atoms with E-state index in [-0.39, 0.29) is 5.91 Å². The molecule has 4 rings (SSSR count). The zero-order valence-corrected chi connectivity index (χ0v) is 16.5. The minimum atomic E-state index is -0.164. The summed E-state index contributed by atoms with van der Waals surface area (Å²) in [4.78, 5) is 29.8. The van der Waals surface area contributed by atoms with Crippen LogP contribution in [-0.4, -0.2) is 47.0 Å². The first kappa shape index (κ1) is 18.9. The SMILES string of the molecule is Cc1ccc(CNC(=O)c2ccc(N3CCN(c4ncccn4)CC3)cn2)cc1. The summed E-state index contributed by atoms with van der Waals surface area (Å²) < 4.78 is 0. The van der Waals surface area contributed by atoms with Gasteiger partial charge in [-0.25, -0.2) is 15.0 Å². The third-order valence-electron chi connectivity index (χ3n) is 5.03. The minimum Gasteiger partial charge on any atom is -0.367 e. The molecule has 0 atom stereocenters. The molecule has 0 unspecified atom stereocenters. The van der Waals surface area contributed by atoms with Crippen LogP contribution >= 0.6 is 0 Å². The number of piperazine rings is 1. The molecule has 29 heavy (non-hydrogen) atoms. The van der Waals surface area contributed by atoms with E-state index >= 15 is 0 Å². The Kier molecular flexibility index (Phi) is 5.65. The molecule has 1 fully saturated rings. The standard InChI is InChI=1S/C22H24N6O/c1-17-3-5-18(6-4-17)15-26-21(29)20-8-7-19(16-25-20)27-11-13-28(14-12-27)22-23-9-2-10-24-22/h2-10,16H,11-15H2,1H3,(H,26,29). The van der Waals surface area contributed by atoms with E-state index in [1.54, 1.807) is 24.7 Å². The summed E-state index contributed by atoms with van der Waals surface area (Å²) in [5, 5.41) is 2.92. The summed E-state index contributed by atoms with van der Waals surface area (Å²) in [5.74, 6) is 0.606. The lowest BCUT2D eigenvalue weighted by molar-refractivity contribution is 0.0946. The predicted molar refractivity (Wildman–Crippen MR) is 113 cm³/mol. The van der Waals surface area contributed by atoms with Gasteiger partial charge in [0, 0.05) is 45.1 Å². The lowest BCUT2D eigenvalue weighted by atomic mass is 10.1. The van der Waals surface area contributed by atoms with Crippen molar-refractivity contribution in [3.63, 3.8) is 0 Å². The topological polar surface area (TPSA) is 74.2 Å². The molecule has 1 aliphatic rings. The number of benzene rings is 1. The number of rotatable bonds is 5. The van der Waals surface area contributed by atoms with Gasteiger partial charge in [-0.2, -0.15) is 0 Å². The van der Waals surface area contributed by atoms with Gasteiger partial charge in [0.2, 0.25) is 5.95 Å². The molecule has 0 spiro atoms. The summed E-state index contributed by atoms with van der Waals surface area (Å²) >= 11 is 0. The number of aromatic nitrogens is 3. The van der Waals surface area contributed by atoms with E-state index in [1.807, 2.05) is 43.3 Å². The molecule has 3 aromatic rings. The van der Waals surface area contributed by atoms with Gasteiger partial charge in [-0.1, -0.05) is 29.8 Å². The highest BCUT2D eigenvalue weighted by Gasteiger charge is 2.19. The van der Waals surface area contributed by atoms with Crippen LogP contribution in [0.1, 0.15) is 21.6 Å². The van der Waals surface area contributed by atoms with Crippen molar-refractivity contribution in [1.29, 1.82) is 0 Å². The first-order valence-corrected chi connectivity index (χ1v) is 9.76. The fraction of sp³-hybridized carbons (Fsp3) is 0.273. The predicted octanol–water partition coefficient (Wildman–Crippen LogP) is 2.44. The fourth-order valence-electron chi connectivity index (χ4n) is 3.31. The maximum atomic E-state index is 12.4. The van der Waals surface area contributed by atoms with E-state index in [0.29, 0.717) is 12.2 Å². The van der Waals surface area contributed by atoms with Crippen LogP contribution in [0.3, 0.4) is 0 Å². The zero-order valence-electron chi connectivity index (χ0n) is 16.5. The molecule has 1 aliphatic heterocycles. The second-order valence-electron chi connectivity index (χ2n) is 7.09. The molecule has 148 valence electrons. The van der Waals surface area contributed by atoms with E-state index in [9.17, 15) is 4.79 Å². The van der Waals surface area contributed by atoms with Crippen LogP contribution in [0.25, 0.3) is 0 Å². The second kappa shape index (κ2) is 8.68. The Labute approximate surface area is 170 Å².